The molecular formula is C12H12N2O4S2. The van der Waals surface area contributed by atoms with Crippen molar-refractivity contribution in [2.24, 2.45) is 0 Å². The molecule has 0 atom stereocenters. The maximum atomic E-state index is 12.4. The van der Waals surface area contributed by atoms with Crippen LogP contribution in [0.1, 0.15) is 5.56 Å². The highest BCUT2D eigenvalue weighted by molar-refractivity contribution is 7.93. The smallest absolute Gasteiger partial charge is 0.264 e. The maximum absolute atomic E-state index is 12.4. The van der Waals surface area contributed by atoms with Crippen LogP contribution < -0.4 is 14.2 Å². The molecule has 3 rings (SSSR count). The van der Waals surface area contributed by atoms with Crippen LogP contribution >= 0.6 is 11.3 Å². The van der Waals surface area contributed by atoms with E-state index in [4.69, 9.17) is 9.47 Å². The lowest BCUT2D eigenvalue weighted by Crippen LogP contribution is -2.18. The number of anilines is 1. The van der Waals surface area contributed by atoms with E-state index < -0.39 is 10.0 Å². The number of sulfonamides is 1. The van der Waals surface area contributed by atoms with Gasteiger partial charge in [0.15, 0.2) is 16.6 Å². The zero-order valence-electron chi connectivity index (χ0n) is 10.6. The van der Waals surface area contributed by atoms with E-state index in [2.05, 4.69) is 9.71 Å². The Balaban J connectivity index is 2.00. The van der Waals surface area contributed by atoms with Gasteiger partial charge in [0.2, 0.25) is 0 Å². The minimum absolute atomic E-state index is 0.164. The molecule has 1 N–H and O–H groups in total. The number of aryl methyl sites for hydroxylation is 1. The van der Waals surface area contributed by atoms with Crippen molar-refractivity contribution in [1.82, 2.24) is 4.98 Å². The van der Waals surface area contributed by atoms with Crippen LogP contribution in [0.5, 0.6) is 11.5 Å². The van der Waals surface area contributed by atoms with E-state index in [9.17, 15) is 8.42 Å². The number of hydrogen-bond acceptors (Lipinski definition) is 6. The number of thiazole rings is 1. The monoisotopic (exact) mass is 312 g/mol. The molecule has 1 aliphatic rings. The first-order chi connectivity index (χ1) is 9.56. The van der Waals surface area contributed by atoms with Gasteiger partial charge in [-0.2, -0.15) is 0 Å². The molecule has 106 valence electrons. The fourth-order valence-electron chi connectivity index (χ4n) is 1.91. The van der Waals surface area contributed by atoms with Crippen molar-refractivity contribution < 1.29 is 17.9 Å². The summed E-state index contributed by atoms with van der Waals surface area (Å²) in [5.74, 6) is 1.02. The van der Waals surface area contributed by atoms with E-state index >= 15 is 0 Å². The first kappa shape index (κ1) is 13.2. The zero-order valence-corrected chi connectivity index (χ0v) is 12.3. The Morgan fingerprint density at radius 3 is 2.60 bits per heavy atom. The topological polar surface area (TPSA) is 77.5 Å². The molecule has 0 amide bonds. The van der Waals surface area contributed by atoms with Gasteiger partial charge in [-0.15, -0.1) is 11.3 Å². The number of aromatic nitrogens is 1. The number of rotatable bonds is 3. The highest BCUT2D eigenvalue weighted by atomic mass is 32.2. The van der Waals surface area contributed by atoms with Gasteiger partial charge >= 0.3 is 0 Å². The zero-order chi connectivity index (χ0) is 14.2. The third kappa shape index (κ3) is 2.44. The van der Waals surface area contributed by atoms with Gasteiger partial charge in [0.1, 0.15) is 13.2 Å². The van der Waals surface area contributed by atoms with Crippen LogP contribution in [0, 0.1) is 6.92 Å². The van der Waals surface area contributed by atoms with Gasteiger partial charge in [0, 0.05) is 17.6 Å². The second kappa shape index (κ2) is 4.95. The van der Waals surface area contributed by atoms with E-state index in [1.165, 1.54) is 17.4 Å². The van der Waals surface area contributed by atoms with Crippen LogP contribution in [0.15, 0.2) is 28.6 Å². The van der Waals surface area contributed by atoms with Gasteiger partial charge in [0.25, 0.3) is 10.0 Å². The molecule has 0 aliphatic carbocycles. The van der Waals surface area contributed by atoms with Crippen molar-refractivity contribution in [3.8, 4) is 11.5 Å². The van der Waals surface area contributed by atoms with Gasteiger partial charge in [-0.1, -0.05) is 0 Å². The summed E-state index contributed by atoms with van der Waals surface area (Å²) in [6.07, 6.45) is 1.54. The van der Waals surface area contributed by atoms with Crippen molar-refractivity contribution in [1.29, 1.82) is 0 Å². The van der Waals surface area contributed by atoms with E-state index in [-0.39, 0.29) is 4.90 Å². The lowest BCUT2D eigenvalue weighted by molar-refractivity contribution is 0.171. The second-order valence-corrected chi connectivity index (χ2v) is 6.75. The van der Waals surface area contributed by atoms with E-state index in [1.807, 2.05) is 0 Å². The van der Waals surface area contributed by atoms with Crippen molar-refractivity contribution in [3.05, 3.63) is 29.3 Å². The molecule has 20 heavy (non-hydrogen) atoms. The molecule has 0 saturated carbocycles. The highest BCUT2D eigenvalue weighted by Crippen LogP contribution is 2.35. The molecule has 8 heteroatoms. The first-order valence-corrected chi connectivity index (χ1v) is 8.25. The molecule has 0 unspecified atom stereocenters. The van der Waals surface area contributed by atoms with Crippen LogP contribution in [0.3, 0.4) is 0 Å². The van der Waals surface area contributed by atoms with Crippen molar-refractivity contribution in [2.75, 3.05) is 17.9 Å². The Labute approximate surface area is 120 Å². The summed E-state index contributed by atoms with van der Waals surface area (Å²) in [5, 5.41) is 2.04. The first-order valence-electron chi connectivity index (χ1n) is 5.89. The van der Waals surface area contributed by atoms with Crippen molar-refractivity contribution in [3.63, 3.8) is 0 Å². The summed E-state index contributed by atoms with van der Waals surface area (Å²) < 4.78 is 38.0. The second-order valence-electron chi connectivity index (χ2n) is 4.20. The molecule has 1 aromatic heterocycles. The normalized spacial score (nSPS) is 14.1. The summed E-state index contributed by atoms with van der Waals surface area (Å²) in [6, 6.07) is 3.16. The van der Waals surface area contributed by atoms with E-state index in [0.29, 0.717) is 35.4 Å². The molecule has 0 bridgehead atoms. The van der Waals surface area contributed by atoms with Gasteiger partial charge in [-0.3, -0.25) is 4.72 Å². The quantitative estimate of drug-likeness (QED) is 0.938. The molecule has 1 aromatic carbocycles. The molecule has 0 fully saturated rings. The minimum atomic E-state index is -3.69. The van der Waals surface area contributed by atoms with Crippen LogP contribution in [-0.4, -0.2) is 26.6 Å². The summed E-state index contributed by atoms with van der Waals surface area (Å²) in [6.45, 7) is 2.60. The molecule has 0 spiro atoms. The standard InChI is InChI=1S/C12H12N2O4S2/c1-8-6-9-10(18-4-3-17-9)7-11(8)20(15,16)14-12-13-2-5-19-12/h2,5-7H,3-4H2,1H3,(H,13,14). The average molecular weight is 312 g/mol. The number of nitrogens with one attached hydrogen (secondary N) is 1. The number of ether oxygens (including phenoxy) is 2. The Morgan fingerprint density at radius 2 is 1.95 bits per heavy atom. The van der Waals surface area contributed by atoms with Crippen molar-refractivity contribution >= 4 is 26.5 Å². The average Bonchev–Trinajstić information content (AvgIpc) is 2.90. The minimum Gasteiger partial charge on any atom is -0.486 e. The van der Waals surface area contributed by atoms with Gasteiger partial charge < -0.3 is 9.47 Å². The molecule has 2 aromatic rings. The predicted molar refractivity (Wildman–Crippen MR) is 75.1 cm³/mol. The Hall–Kier alpha value is -1.80. The highest BCUT2D eigenvalue weighted by Gasteiger charge is 2.23. The van der Waals surface area contributed by atoms with Crippen LogP contribution in [0.4, 0.5) is 5.13 Å². The number of fused-ring (bicyclic) bond motifs is 1. The largest absolute Gasteiger partial charge is 0.486 e. The fraction of sp³-hybridized carbons (Fsp3) is 0.250. The Morgan fingerprint density at radius 1 is 1.25 bits per heavy atom. The Kier molecular flexibility index (Phi) is 3.27. The number of benzene rings is 1. The SMILES string of the molecule is Cc1cc2c(cc1S(=O)(=O)Nc1nccs1)OCCO2. The molecular weight excluding hydrogens is 300 g/mol. The lowest BCUT2D eigenvalue weighted by atomic mass is 10.2. The third-order valence-electron chi connectivity index (χ3n) is 2.78. The van der Waals surface area contributed by atoms with Gasteiger partial charge in [-0.25, -0.2) is 13.4 Å². The van der Waals surface area contributed by atoms with E-state index in [1.54, 1.807) is 24.6 Å². The Bertz CT molecular complexity index is 726. The summed E-state index contributed by atoms with van der Waals surface area (Å²) in [4.78, 5) is 4.08. The molecule has 6 nitrogen and oxygen atoms in total. The molecule has 1 aliphatic heterocycles. The number of hydrogen-bond donors (Lipinski definition) is 1. The summed E-state index contributed by atoms with van der Waals surface area (Å²) in [5.41, 5.74) is 0.596. The van der Waals surface area contributed by atoms with Gasteiger partial charge in [-0.05, 0) is 18.6 Å². The lowest BCUT2D eigenvalue weighted by Gasteiger charge is -2.20. The number of nitrogens with zero attached hydrogens (tertiary/aromatic N) is 1. The van der Waals surface area contributed by atoms with Crippen LogP contribution in [0.2, 0.25) is 0 Å². The van der Waals surface area contributed by atoms with Crippen molar-refractivity contribution in [2.45, 2.75) is 11.8 Å². The summed E-state index contributed by atoms with van der Waals surface area (Å²) in [7, 11) is -3.69. The van der Waals surface area contributed by atoms with Crippen LogP contribution in [-0.2, 0) is 10.0 Å². The predicted octanol–water partition coefficient (Wildman–Crippen LogP) is 2.02. The van der Waals surface area contributed by atoms with E-state index in [0.717, 1.165) is 0 Å². The molecule has 0 radical (unpaired) electrons. The van der Waals surface area contributed by atoms with Crippen LogP contribution in [0.25, 0.3) is 0 Å². The molecule has 0 saturated heterocycles. The maximum Gasteiger partial charge on any atom is 0.264 e. The fourth-order valence-corrected chi connectivity index (χ4v) is 3.94. The third-order valence-corrected chi connectivity index (χ3v) is 5.08. The summed E-state index contributed by atoms with van der Waals surface area (Å²) >= 11 is 1.22. The van der Waals surface area contributed by atoms with Gasteiger partial charge in [0.05, 0.1) is 4.90 Å². The molecule has 2 heterocycles.